The number of esters is 1. The number of hydrogen-bond acceptors (Lipinski definition) is 4. The van der Waals surface area contributed by atoms with Crippen LogP contribution in [0, 0.1) is 6.92 Å². The molecule has 0 bridgehead atoms. The minimum absolute atomic E-state index is 0.00533. The van der Waals surface area contributed by atoms with Crippen LogP contribution in [0.25, 0.3) is 0 Å². The number of nitrogens with one attached hydrogen (secondary N) is 1. The third-order valence-corrected chi connectivity index (χ3v) is 5.12. The van der Waals surface area contributed by atoms with E-state index in [0.29, 0.717) is 5.69 Å². The van der Waals surface area contributed by atoms with E-state index in [1.807, 2.05) is 6.07 Å². The summed E-state index contributed by atoms with van der Waals surface area (Å²) in [5, 5.41) is 0. The fraction of sp³-hybridized carbons (Fsp3) is 0.417. The van der Waals surface area contributed by atoms with Crippen LogP contribution in [-0.4, -0.2) is 39.4 Å². The van der Waals surface area contributed by atoms with Gasteiger partial charge in [0.2, 0.25) is 0 Å². The van der Waals surface area contributed by atoms with Crippen molar-refractivity contribution in [3.8, 4) is 0 Å². The van der Waals surface area contributed by atoms with Crippen molar-refractivity contribution in [2.75, 3.05) is 25.4 Å². The van der Waals surface area contributed by atoms with Crippen LogP contribution >= 0.6 is 15.9 Å². The predicted molar refractivity (Wildman–Crippen MR) is 80.7 cm³/mol. The second-order valence-electron chi connectivity index (χ2n) is 4.17. The van der Waals surface area contributed by atoms with Crippen LogP contribution in [0.3, 0.4) is 0 Å². The first kappa shape index (κ1) is 16.9. The molecule has 112 valence electrons. The average molecular weight is 365 g/mol. The lowest BCUT2D eigenvalue weighted by Crippen LogP contribution is -2.34. The Morgan fingerprint density at radius 1 is 1.45 bits per heavy atom. The lowest BCUT2D eigenvalue weighted by molar-refractivity contribution is -0.140. The monoisotopic (exact) mass is 364 g/mol. The fourth-order valence-corrected chi connectivity index (χ4v) is 2.76. The normalized spacial score (nSPS) is 11.4. The molecule has 0 radical (unpaired) electrons. The number of benzene rings is 1. The first-order chi connectivity index (χ1) is 9.27. The number of rotatable bonds is 6. The molecular formula is C12H17BrN2O4S. The van der Waals surface area contributed by atoms with E-state index >= 15 is 0 Å². The Balaban J connectivity index is 2.79. The Bertz CT molecular complexity index is 589. The van der Waals surface area contributed by atoms with Gasteiger partial charge in [-0.05, 0) is 24.6 Å². The molecule has 1 aromatic carbocycles. The number of carbonyl (C=O) groups excluding carboxylic acids is 1. The third-order valence-electron chi connectivity index (χ3n) is 2.78. The van der Waals surface area contributed by atoms with Gasteiger partial charge in [0.05, 0.1) is 19.2 Å². The van der Waals surface area contributed by atoms with Crippen LogP contribution in [0.1, 0.15) is 12.0 Å². The molecule has 0 aliphatic carbocycles. The van der Waals surface area contributed by atoms with Crippen LogP contribution < -0.4 is 4.72 Å². The maximum atomic E-state index is 12.1. The lowest BCUT2D eigenvalue weighted by Gasteiger charge is -2.19. The fourth-order valence-electron chi connectivity index (χ4n) is 1.41. The minimum Gasteiger partial charge on any atom is -0.469 e. The zero-order chi connectivity index (χ0) is 15.3. The summed E-state index contributed by atoms with van der Waals surface area (Å²) in [6.45, 7) is 1.85. The zero-order valence-electron chi connectivity index (χ0n) is 11.5. The first-order valence-electron chi connectivity index (χ1n) is 5.84. The maximum absolute atomic E-state index is 12.1. The number of hydrogen-bond donors (Lipinski definition) is 1. The molecule has 0 heterocycles. The van der Waals surface area contributed by atoms with Crippen LogP contribution in [0.4, 0.5) is 5.69 Å². The molecule has 0 spiro atoms. The molecule has 1 rings (SSSR count). The Kier molecular flexibility index (Phi) is 5.97. The molecule has 0 unspecified atom stereocenters. The highest BCUT2D eigenvalue weighted by atomic mass is 79.9. The molecule has 6 nitrogen and oxygen atoms in total. The van der Waals surface area contributed by atoms with E-state index in [2.05, 4.69) is 25.4 Å². The molecule has 1 aromatic rings. The van der Waals surface area contributed by atoms with Gasteiger partial charge in [-0.1, -0.05) is 22.0 Å². The Morgan fingerprint density at radius 3 is 2.70 bits per heavy atom. The van der Waals surface area contributed by atoms with Gasteiger partial charge in [-0.15, -0.1) is 0 Å². The first-order valence-corrected chi connectivity index (χ1v) is 8.07. The molecule has 1 N–H and O–H groups in total. The number of methoxy groups -OCH3 is 1. The summed E-state index contributed by atoms with van der Waals surface area (Å²) >= 11 is 3.34. The van der Waals surface area contributed by atoms with Gasteiger partial charge in [0, 0.05) is 18.1 Å². The van der Waals surface area contributed by atoms with E-state index in [0.717, 1.165) is 14.3 Å². The van der Waals surface area contributed by atoms with E-state index in [-0.39, 0.29) is 13.0 Å². The summed E-state index contributed by atoms with van der Waals surface area (Å²) in [6.07, 6.45) is 0.00533. The van der Waals surface area contributed by atoms with Crippen molar-refractivity contribution in [2.45, 2.75) is 13.3 Å². The topological polar surface area (TPSA) is 75.7 Å². The van der Waals surface area contributed by atoms with Gasteiger partial charge in [0.1, 0.15) is 0 Å². The smallest absolute Gasteiger partial charge is 0.306 e. The van der Waals surface area contributed by atoms with Crippen LogP contribution in [0.5, 0.6) is 0 Å². The second-order valence-corrected chi connectivity index (χ2v) is 6.80. The van der Waals surface area contributed by atoms with Gasteiger partial charge in [0.25, 0.3) is 0 Å². The Hall–Kier alpha value is -1.12. The van der Waals surface area contributed by atoms with E-state index in [1.54, 1.807) is 19.1 Å². The van der Waals surface area contributed by atoms with Gasteiger partial charge in [-0.3, -0.25) is 9.52 Å². The molecular weight excluding hydrogens is 348 g/mol. The predicted octanol–water partition coefficient (Wildman–Crippen LogP) is 1.91. The van der Waals surface area contributed by atoms with Crippen molar-refractivity contribution in [2.24, 2.45) is 0 Å². The van der Waals surface area contributed by atoms with Crippen molar-refractivity contribution in [1.82, 2.24) is 4.31 Å². The third kappa shape index (κ3) is 4.46. The van der Waals surface area contributed by atoms with Crippen molar-refractivity contribution < 1.29 is 17.9 Å². The van der Waals surface area contributed by atoms with Crippen molar-refractivity contribution >= 4 is 37.8 Å². The summed E-state index contributed by atoms with van der Waals surface area (Å²) in [4.78, 5) is 11.0. The zero-order valence-corrected chi connectivity index (χ0v) is 13.9. The molecule has 0 saturated carbocycles. The van der Waals surface area contributed by atoms with Crippen LogP contribution in [-0.2, 0) is 19.7 Å². The number of ether oxygens (including phenoxy) is 1. The van der Waals surface area contributed by atoms with Crippen LogP contribution in [0.2, 0.25) is 0 Å². The summed E-state index contributed by atoms with van der Waals surface area (Å²) in [7, 11) is -1.04. The highest BCUT2D eigenvalue weighted by Crippen LogP contribution is 2.24. The van der Waals surface area contributed by atoms with Crippen LogP contribution in [0.15, 0.2) is 22.7 Å². The molecule has 8 heteroatoms. The SMILES string of the molecule is COC(=O)CCN(C)S(=O)(=O)Nc1cccc(Br)c1C. The number of nitrogens with zero attached hydrogens (tertiary/aromatic N) is 1. The molecule has 20 heavy (non-hydrogen) atoms. The lowest BCUT2D eigenvalue weighted by atomic mass is 10.2. The van der Waals surface area contributed by atoms with Crippen molar-refractivity contribution in [3.05, 3.63) is 28.2 Å². The molecule has 0 aliphatic rings. The summed E-state index contributed by atoms with van der Waals surface area (Å²) < 4.78 is 33.1. The largest absolute Gasteiger partial charge is 0.469 e. The van der Waals surface area contributed by atoms with Crippen molar-refractivity contribution in [3.63, 3.8) is 0 Å². The quantitative estimate of drug-likeness (QED) is 0.782. The standard InChI is InChI=1S/C12H17BrN2O4S/c1-9-10(13)5-4-6-11(9)14-20(17,18)15(2)8-7-12(16)19-3/h4-6,14H,7-8H2,1-3H3. The highest BCUT2D eigenvalue weighted by molar-refractivity contribution is 9.10. The van der Waals surface area contributed by atoms with E-state index in [4.69, 9.17) is 0 Å². The minimum atomic E-state index is -3.70. The Morgan fingerprint density at radius 2 is 2.10 bits per heavy atom. The van der Waals surface area contributed by atoms with Gasteiger partial charge in [-0.25, -0.2) is 0 Å². The number of carbonyl (C=O) groups is 1. The van der Waals surface area contributed by atoms with Crippen molar-refractivity contribution in [1.29, 1.82) is 0 Å². The van der Waals surface area contributed by atoms with E-state index < -0.39 is 16.2 Å². The maximum Gasteiger partial charge on any atom is 0.306 e. The molecule has 0 amide bonds. The average Bonchev–Trinajstić information content (AvgIpc) is 2.40. The summed E-state index contributed by atoms with van der Waals surface area (Å²) in [6, 6.07) is 5.24. The summed E-state index contributed by atoms with van der Waals surface area (Å²) in [5.74, 6) is -0.453. The van der Waals surface area contributed by atoms with Gasteiger partial charge in [-0.2, -0.15) is 12.7 Å². The Labute approximate surface area is 127 Å². The van der Waals surface area contributed by atoms with E-state index in [1.165, 1.54) is 14.2 Å². The number of halogens is 1. The summed E-state index contributed by atoms with van der Waals surface area (Å²) in [5.41, 5.74) is 1.28. The number of anilines is 1. The second kappa shape index (κ2) is 7.05. The molecule has 0 fully saturated rings. The molecule has 0 aliphatic heterocycles. The van der Waals surface area contributed by atoms with Gasteiger partial charge >= 0.3 is 16.2 Å². The molecule has 0 aromatic heterocycles. The highest BCUT2D eigenvalue weighted by Gasteiger charge is 2.19. The van der Waals surface area contributed by atoms with Gasteiger partial charge < -0.3 is 4.74 Å². The molecule has 0 saturated heterocycles. The molecule has 0 atom stereocenters. The van der Waals surface area contributed by atoms with Gasteiger partial charge in [0.15, 0.2) is 0 Å². The van der Waals surface area contributed by atoms with E-state index in [9.17, 15) is 13.2 Å².